The maximum atomic E-state index is 11.2. The zero-order chi connectivity index (χ0) is 12.6. The number of unbranched alkanes of at least 4 members (excludes halogenated alkanes) is 1. The van der Waals surface area contributed by atoms with E-state index in [0.29, 0.717) is 12.8 Å². The van der Waals surface area contributed by atoms with E-state index in [4.69, 9.17) is 16.6 Å². The van der Waals surface area contributed by atoms with Gasteiger partial charge in [0.2, 0.25) is 5.91 Å². The Bertz CT molecular complexity index is 318. The van der Waals surface area contributed by atoms with Crippen LogP contribution in [0.25, 0.3) is 0 Å². The molecule has 0 aliphatic heterocycles. The molecule has 0 saturated carbocycles. The minimum Gasteiger partial charge on any atom is -0.481 e. The molecule has 0 fully saturated rings. The van der Waals surface area contributed by atoms with Gasteiger partial charge in [-0.1, -0.05) is 0 Å². The van der Waals surface area contributed by atoms with Crippen molar-refractivity contribution in [3.05, 3.63) is 0 Å². The minimum atomic E-state index is -1.39. The summed E-state index contributed by atoms with van der Waals surface area (Å²) in [6.07, 6.45) is 5.29. The molecule has 0 bridgehead atoms. The van der Waals surface area contributed by atoms with Crippen molar-refractivity contribution >= 4 is 17.8 Å². The number of nitrogens with one attached hydrogen (secondary N) is 1. The molecule has 0 spiro atoms. The predicted molar refractivity (Wildman–Crippen MR) is 54.5 cm³/mol. The minimum absolute atomic E-state index is 0.0909. The Morgan fingerprint density at radius 2 is 1.94 bits per heavy atom. The Labute approximate surface area is 92.6 Å². The quantitative estimate of drug-likeness (QED) is 0.414. The van der Waals surface area contributed by atoms with E-state index in [0.717, 1.165) is 0 Å². The number of amides is 1. The number of carboxylic acids is 2. The topological polar surface area (TPSA) is 104 Å². The van der Waals surface area contributed by atoms with E-state index < -0.39 is 30.3 Å². The molecule has 0 heterocycles. The fraction of sp³-hybridized carbons (Fsp3) is 0.500. The van der Waals surface area contributed by atoms with Gasteiger partial charge in [0, 0.05) is 12.8 Å². The van der Waals surface area contributed by atoms with E-state index in [9.17, 15) is 14.4 Å². The molecule has 0 aromatic carbocycles. The van der Waals surface area contributed by atoms with E-state index in [1.54, 1.807) is 0 Å². The highest BCUT2D eigenvalue weighted by atomic mass is 16.4. The molecule has 0 rings (SSSR count). The van der Waals surface area contributed by atoms with Gasteiger partial charge in [-0.05, 0) is 6.42 Å². The van der Waals surface area contributed by atoms with Gasteiger partial charge in [0.25, 0.3) is 0 Å². The van der Waals surface area contributed by atoms with Crippen LogP contribution in [0.3, 0.4) is 0 Å². The van der Waals surface area contributed by atoms with Crippen LogP contribution in [0.5, 0.6) is 0 Å². The summed E-state index contributed by atoms with van der Waals surface area (Å²) < 4.78 is 0. The molecule has 88 valence electrons. The van der Waals surface area contributed by atoms with Crippen molar-refractivity contribution in [3.63, 3.8) is 0 Å². The van der Waals surface area contributed by atoms with Gasteiger partial charge >= 0.3 is 11.9 Å². The number of rotatable bonds is 7. The standard InChI is InChI=1S/C10H13NO5/c1-2-3-4-5-8(12)11-7(10(15)16)6-9(13)14/h1,7H,3-6H2,(H,11,12)(H,13,14)(H,15,16)/t7-/m0/s1. The monoisotopic (exact) mass is 227 g/mol. The highest BCUT2D eigenvalue weighted by molar-refractivity contribution is 5.86. The molecule has 0 unspecified atom stereocenters. The summed E-state index contributed by atoms with van der Waals surface area (Å²) in [5.41, 5.74) is 0. The maximum Gasteiger partial charge on any atom is 0.326 e. The molecule has 0 saturated heterocycles. The average molecular weight is 227 g/mol. The first-order chi connectivity index (χ1) is 7.47. The molecule has 6 heteroatoms. The first kappa shape index (κ1) is 14.0. The molecule has 1 amide bonds. The lowest BCUT2D eigenvalue weighted by Crippen LogP contribution is -2.42. The smallest absolute Gasteiger partial charge is 0.326 e. The summed E-state index contributed by atoms with van der Waals surface area (Å²) in [5, 5.41) is 19.2. The number of terminal acetylenes is 1. The van der Waals surface area contributed by atoms with E-state index >= 15 is 0 Å². The first-order valence-electron chi connectivity index (χ1n) is 4.64. The van der Waals surface area contributed by atoms with Crippen molar-refractivity contribution < 1.29 is 24.6 Å². The Morgan fingerprint density at radius 1 is 1.31 bits per heavy atom. The van der Waals surface area contributed by atoms with Gasteiger partial charge < -0.3 is 15.5 Å². The molecular formula is C10H13NO5. The van der Waals surface area contributed by atoms with Crippen LogP contribution in [-0.2, 0) is 14.4 Å². The summed E-state index contributed by atoms with van der Waals surface area (Å²) in [5.74, 6) is -0.818. The molecule has 0 aromatic heterocycles. The van der Waals surface area contributed by atoms with Crippen LogP contribution in [0.1, 0.15) is 25.7 Å². The third-order valence-electron chi connectivity index (χ3n) is 1.74. The van der Waals surface area contributed by atoms with Crippen molar-refractivity contribution in [2.45, 2.75) is 31.7 Å². The van der Waals surface area contributed by atoms with Crippen LogP contribution in [0.2, 0.25) is 0 Å². The lowest BCUT2D eigenvalue weighted by molar-refractivity contribution is -0.147. The number of hydrogen-bond donors (Lipinski definition) is 3. The Kier molecular flexibility index (Phi) is 6.36. The molecule has 0 aliphatic carbocycles. The van der Waals surface area contributed by atoms with Crippen LogP contribution >= 0.6 is 0 Å². The van der Waals surface area contributed by atoms with Gasteiger partial charge in [-0.15, -0.1) is 12.3 Å². The fourth-order valence-electron chi connectivity index (χ4n) is 0.992. The van der Waals surface area contributed by atoms with Crippen LogP contribution in [0, 0.1) is 12.3 Å². The number of carbonyl (C=O) groups excluding carboxylic acids is 1. The zero-order valence-corrected chi connectivity index (χ0v) is 8.60. The molecule has 6 nitrogen and oxygen atoms in total. The van der Waals surface area contributed by atoms with Gasteiger partial charge in [0.1, 0.15) is 6.04 Å². The normalized spacial score (nSPS) is 11.2. The summed E-state index contributed by atoms with van der Waals surface area (Å²) >= 11 is 0. The second-order valence-corrected chi connectivity index (χ2v) is 3.11. The summed E-state index contributed by atoms with van der Waals surface area (Å²) in [4.78, 5) is 32.1. The third-order valence-corrected chi connectivity index (χ3v) is 1.74. The van der Waals surface area contributed by atoms with Gasteiger partial charge in [-0.3, -0.25) is 9.59 Å². The second-order valence-electron chi connectivity index (χ2n) is 3.11. The Balaban J connectivity index is 4.09. The van der Waals surface area contributed by atoms with Gasteiger partial charge in [0.05, 0.1) is 6.42 Å². The number of carboxylic acid groups (broad SMARTS) is 2. The van der Waals surface area contributed by atoms with Crippen molar-refractivity contribution in [1.82, 2.24) is 5.32 Å². The molecule has 0 radical (unpaired) electrons. The SMILES string of the molecule is C#CCCCC(=O)N[C@@H](CC(=O)O)C(=O)O. The van der Waals surface area contributed by atoms with Gasteiger partial charge in [-0.25, -0.2) is 4.79 Å². The fourth-order valence-corrected chi connectivity index (χ4v) is 0.992. The zero-order valence-electron chi connectivity index (χ0n) is 8.60. The van der Waals surface area contributed by atoms with Crippen molar-refractivity contribution in [2.75, 3.05) is 0 Å². The largest absolute Gasteiger partial charge is 0.481 e. The first-order valence-corrected chi connectivity index (χ1v) is 4.64. The van der Waals surface area contributed by atoms with E-state index in [1.165, 1.54) is 0 Å². The predicted octanol–water partition coefficient (Wildman–Crippen LogP) is -0.166. The molecule has 16 heavy (non-hydrogen) atoms. The molecule has 0 aromatic rings. The lowest BCUT2D eigenvalue weighted by atomic mass is 10.2. The third kappa shape index (κ3) is 6.43. The summed E-state index contributed by atoms with van der Waals surface area (Å²) in [7, 11) is 0. The number of hydrogen-bond acceptors (Lipinski definition) is 3. The highest BCUT2D eigenvalue weighted by Gasteiger charge is 2.22. The van der Waals surface area contributed by atoms with Crippen molar-refractivity contribution in [2.24, 2.45) is 0 Å². The Morgan fingerprint density at radius 3 is 2.38 bits per heavy atom. The molecular weight excluding hydrogens is 214 g/mol. The van der Waals surface area contributed by atoms with E-state index in [1.807, 2.05) is 0 Å². The summed E-state index contributed by atoms with van der Waals surface area (Å²) in [6.45, 7) is 0. The molecule has 3 N–H and O–H groups in total. The lowest BCUT2D eigenvalue weighted by Gasteiger charge is -2.11. The van der Waals surface area contributed by atoms with Crippen LogP contribution in [0.15, 0.2) is 0 Å². The Hall–Kier alpha value is -2.03. The molecule has 0 aliphatic rings. The van der Waals surface area contributed by atoms with Crippen molar-refractivity contribution in [3.8, 4) is 12.3 Å². The average Bonchev–Trinajstić information content (AvgIpc) is 2.16. The molecule has 1 atom stereocenters. The van der Waals surface area contributed by atoms with Crippen LogP contribution < -0.4 is 5.32 Å². The van der Waals surface area contributed by atoms with Crippen LogP contribution in [0.4, 0.5) is 0 Å². The highest BCUT2D eigenvalue weighted by Crippen LogP contribution is 1.97. The van der Waals surface area contributed by atoms with Crippen molar-refractivity contribution in [1.29, 1.82) is 0 Å². The number of carbonyl (C=O) groups is 3. The summed E-state index contributed by atoms with van der Waals surface area (Å²) in [6, 6.07) is -1.39. The van der Waals surface area contributed by atoms with Gasteiger partial charge in [0.15, 0.2) is 0 Å². The number of aliphatic carboxylic acids is 2. The van der Waals surface area contributed by atoms with Gasteiger partial charge in [-0.2, -0.15) is 0 Å². The maximum absolute atomic E-state index is 11.2. The van der Waals surface area contributed by atoms with E-state index in [2.05, 4.69) is 11.2 Å². The van der Waals surface area contributed by atoms with Crippen LogP contribution in [-0.4, -0.2) is 34.1 Å². The second kappa shape index (κ2) is 7.29. The van der Waals surface area contributed by atoms with E-state index in [-0.39, 0.29) is 6.42 Å².